The van der Waals surface area contributed by atoms with Crippen LogP contribution in [0.2, 0.25) is 0 Å². The van der Waals surface area contributed by atoms with Crippen molar-refractivity contribution in [1.29, 1.82) is 0 Å². The van der Waals surface area contributed by atoms with Crippen LogP contribution in [0.15, 0.2) is 30.3 Å². The molecule has 4 rings (SSSR count). The Labute approximate surface area is 162 Å². The van der Waals surface area contributed by atoms with Crippen LogP contribution < -0.4 is 0 Å². The Bertz CT molecular complexity index is 790. The average molecular weight is 392 g/mol. The zero-order valence-corrected chi connectivity index (χ0v) is 16.9. The molecule has 6 nitrogen and oxygen atoms in total. The number of carbonyl (C=O) groups excluding carboxylic acids is 1. The van der Waals surface area contributed by atoms with E-state index in [1.807, 2.05) is 18.2 Å². The summed E-state index contributed by atoms with van der Waals surface area (Å²) >= 11 is 0. The number of rotatable bonds is 4. The highest BCUT2D eigenvalue weighted by atomic mass is 32.2. The van der Waals surface area contributed by atoms with Gasteiger partial charge in [0.2, 0.25) is 5.91 Å². The SMILES string of the molecule is CN(C)S(=O)(=O)N1C[C@H]2CN(C(=O)C3CCCC3)[C@H](c3ccccc3)[C@H]2C1. The molecule has 7 heteroatoms. The van der Waals surface area contributed by atoms with Crippen molar-refractivity contribution < 1.29 is 13.2 Å². The van der Waals surface area contributed by atoms with Gasteiger partial charge in [-0.3, -0.25) is 4.79 Å². The summed E-state index contributed by atoms with van der Waals surface area (Å²) in [5, 5.41) is 0. The van der Waals surface area contributed by atoms with Crippen LogP contribution in [0, 0.1) is 17.8 Å². The average Bonchev–Trinajstić information content (AvgIpc) is 3.37. The fraction of sp³-hybridized carbons (Fsp3) is 0.650. The van der Waals surface area contributed by atoms with Crippen molar-refractivity contribution in [3.05, 3.63) is 35.9 Å². The molecule has 0 radical (unpaired) electrons. The van der Waals surface area contributed by atoms with Crippen LogP contribution in [0.4, 0.5) is 0 Å². The van der Waals surface area contributed by atoms with Crippen molar-refractivity contribution in [2.45, 2.75) is 31.7 Å². The molecule has 3 atom stereocenters. The molecule has 0 spiro atoms. The quantitative estimate of drug-likeness (QED) is 0.790. The van der Waals surface area contributed by atoms with E-state index >= 15 is 0 Å². The number of carbonyl (C=O) groups is 1. The van der Waals surface area contributed by atoms with Crippen LogP contribution in [0.3, 0.4) is 0 Å². The van der Waals surface area contributed by atoms with E-state index in [1.165, 1.54) is 4.31 Å². The Hall–Kier alpha value is -1.44. The van der Waals surface area contributed by atoms with Crippen LogP contribution >= 0.6 is 0 Å². The first-order valence-electron chi connectivity index (χ1n) is 9.92. The minimum absolute atomic E-state index is 0.0216. The number of amides is 1. The zero-order valence-electron chi connectivity index (χ0n) is 16.1. The Morgan fingerprint density at radius 1 is 1.04 bits per heavy atom. The van der Waals surface area contributed by atoms with Gasteiger partial charge in [0.1, 0.15) is 0 Å². The van der Waals surface area contributed by atoms with Gasteiger partial charge in [-0.25, -0.2) is 0 Å². The molecular weight excluding hydrogens is 362 g/mol. The Balaban J connectivity index is 1.62. The Morgan fingerprint density at radius 2 is 1.70 bits per heavy atom. The number of benzene rings is 1. The Morgan fingerprint density at radius 3 is 2.33 bits per heavy atom. The first-order chi connectivity index (χ1) is 12.9. The highest BCUT2D eigenvalue weighted by molar-refractivity contribution is 7.86. The van der Waals surface area contributed by atoms with Crippen molar-refractivity contribution >= 4 is 16.1 Å². The molecule has 2 heterocycles. The topological polar surface area (TPSA) is 60.9 Å². The monoisotopic (exact) mass is 391 g/mol. The van der Waals surface area contributed by atoms with Crippen molar-refractivity contribution in [1.82, 2.24) is 13.5 Å². The van der Waals surface area contributed by atoms with E-state index in [4.69, 9.17) is 0 Å². The number of hydrogen-bond donors (Lipinski definition) is 0. The van der Waals surface area contributed by atoms with E-state index in [0.29, 0.717) is 19.6 Å². The van der Waals surface area contributed by atoms with Gasteiger partial charge in [0, 0.05) is 45.6 Å². The van der Waals surface area contributed by atoms with Gasteiger partial charge >= 0.3 is 0 Å². The van der Waals surface area contributed by atoms with Crippen LogP contribution in [-0.2, 0) is 15.0 Å². The van der Waals surface area contributed by atoms with E-state index in [1.54, 1.807) is 18.4 Å². The summed E-state index contributed by atoms with van der Waals surface area (Å²) in [6.07, 6.45) is 4.27. The Kier molecular flexibility index (Phi) is 5.03. The van der Waals surface area contributed by atoms with Crippen molar-refractivity contribution in [2.75, 3.05) is 33.7 Å². The molecule has 2 aliphatic heterocycles. The lowest BCUT2D eigenvalue weighted by molar-refractivity contribution is -0.136. The van der Waals surface area contributed by atoms with Gasteiger partial charge in [0.05, 0.1) is 6.04 Å². The third kappa shape index (κ3) is 3.30. The lowest BCUT2D eigenvalue weighted by Gasteiger charge is -2.32. The van der Waals surface area contributed by atoms with Gasteiger partial charge in [0.15, 0.2) is 0 Å². The summed E-state index contributed by atoms with van der Waals surface area (Å²) in [6.45, 7) is 1.65. The maximum Gasteiger partial charge on any atom is 0.281 e. The number of likely N-dealkylation sites (tertiary alicyclic amines) is 1. The minimum Gasteiger partial charge on any atom is -0.335 e. The molecule has 0 bridgehead atoms. The smallest absolute Gasteiger partial charge is 0.281 e. The second kappa shape index (κ2) is 7.18. The van der Waals surface area contributed by atoms with E-state index < -0.39 is 10.2 Å². The zero-order chi connectivity index (χ0) is 19.2. The lowest BCUT2D eigenvalue weighted by atomic mass is 9.89. The van der Waals surface area contributed by atoms with Crippen LogP contribution in [0.25, 0.3) is 0 Å². The molecule has 0 unspecified atom stereocenters. The predicted molar refractivity (Wildman–Crippen MR) is 104 cm³/mol. The number of fused-ring (bicyclic) bond motifs is 1. The molecule has 1 amide bonds. The molecule has 2 saturated heterocycles. The molecule has 1 aliphatic carbocycles. The first-order valence-corrected chi connectivity index (χ1v) is 11.3. The van der Waals surface area contributed by atoms with Crippen molar-refractivity contribution in [3.8, 4) is 0 Å². The summed E-state index contributed by atoms with van der Waals surface area (Å²) in [5.74, 6) is 0.789. The number of hydrogen-bond acceptors (Lipinski definition) is 3. The highest BCUT2D eigenvalue weighted by Crippen LogP contribution is 2.47. The summed E-state index contributed by atoms with van der Waals surface area (Å²) in [6, 6.07) is 10.1. The van der Waals surface area contributed by atoms with Gasteiger partial charge in [0.25, 0.3) is 10.2 Å². The molecule has 3 aliphatic rings. The standard InChI is InChI=1S/C20H29N3O3S/c1-21(2)27(25,26)22-12-17-13-23(20(24)16-10-6-7-11-16)19(18(17)14-22)15-8-4-3-5-9-15/h3-5,8-9,16-19H,6-7,10-14H2,1-2H3/t17-,18-,19+/m0/s1. The largest absolute Gasteiger partial charge is 0.335 e. The van der Waals surface area contributed by atoms with Crippen LogP contribution in [0.1, 0.15) is 37.3 Å². The van der Waals surface area contributed by atoms with Gasteiger partial charge in [-0.15, -0.1) is 0 Å². The fourth-order valence-electron chi connectivity index (χ4n) is 5.13. The highest BCUT2D eigenvalue weighted by Gasteiger charge is 2.52. The summed E-state index contributed by atoms with van der Waals surface area (Å²) < 4.78 is 28.1. The van der Waals surface area contributed by atoms with Gasteiger partial charge < -0.3 is 4.90 Å². The normalized spacial score (nSPS) is 29.6. The second-order valence-corrected chi connectivity index (χ2v) is 10.5. The van der Waals surface area contributed by atoms with Crippen LogP contribution in [-0.4, -0.2) is 61.6 Å². The molecule has 0 aromatic heterocycles. The van der Waals surface area contributed by atoms with Gasteiger partial charge in [-0.2, -0.15) is 17.0 Å². The van der Waals surface area contributed by atoms with Gasteiger partial charge in [-0.05, 0) is 24.3 Å². The molecule has 1 saturated carbocycles. The maximum atomic E-state index is 13.2. The second-order valence-electron chi connectivity index (χ2n) is 8.36. The van der Waals surface area contributed by atoms with E-state index in [9.17, 15) is 13.2 Å². The number of nitrogens with zero attached hydrogens (tertiary/aromatic N) is 3. The summed E-state index contributed by atoms with van der Waals surface area (Å²) in [4.78, 5) is 15.3. The third-order valence-electron chi connectivity index (χ3n) is 6.55. The maximum absolute atomic E-state index is 13.2. The molecular formula is C20H29N3O3S. The van der Waals surface area contributed by atoms with E-state index in [0.717, 1.165) is 31.2 Å². The minimum atomic E-state index is -3.41. The molecule has 3 fully saturated rings. The van der Waals surface area contributed by atoms with E-state index in [-0.39, 0.29) is 29.7 Å². The fourth-order valence-corrected chi connectivity index (χ4v) is 6.34. The molecule has 148 valence electrons. The summed E-state index contributed by atoms with van der Waals surface area (Å²) in [5.41, 5.74) is 1.13. The molecule has 27 heavy (non-hydrogen) atoms. The van der Waals surface area contributed by atoms with E-state index in [2.05, 4.69) is 17.0 Å². The van der Waals surface area contributed by atoms with Crippen molar-refractivity contribution in [2.24, 2.45) is 17.8 Å². The molecule has 0 N–H and O–H groups in total. The lowest BCUT2D eigenvalue weighted by Crippen LogP contribution is -2.42. The third-order valence-corrected chi connectivity index (χ3v) is 8.42. The first kappa shape index (κ1) is 18.9. The predicted octanol–water partition coefficient (Wildman–Crippen LogP) is 2.11. The molecule has 1 aromatic rings. The van der Waals surface area contributed by atoms with Gasteiger partial charge in [-0.1, -0.05) is 43.2 Å². The molecule has 1 aromatic carbocycles. The van der Waals surface area contributed by atoms with Crippen molar-refractivity contribution in [3.63, 3.8) is 0 Å². The van der Waals surface area contributed by atoms with Crippen LogP contribution in [0.5, 0.6) is 0 Å². The summed E-state index contributed by atoms with van der Waals surface area (Å²) in [7, 11) is -0.260.